The molecule has 0 saturated carbocycles. The molecule has 0 amide bonds. The van der Waals surface area contributed by atoms with Crippen LogP contribution in [0.4, 0.5) is 10.1 Å². The van der Waals surface area contributed by atoms with Gasteiger partial charge in [0.25, 0.3) is 0 Å². The number of rotatable bonds is 4. The second-order valence-corrected chi connectivity index (χ2v) is 4.34. The Bertz CT molecular complexity index is 677. The van der Waals surface area contributed by atoms with Crippen LogP contribution in [0, 0.1) is 5.82 Å². The zero-order chi connectivity index (χ0) is 13.8. The van der Waals surface area contributed by atoms with Crippen LogP contribution in [0.1, 0.15) is 5.69 Å². The van der Waals surface area contributed by atoms with Crippen LogP contribution in [0.15, 0.2) is 65.4 Å². The predicted octanol–water partition coefficient (Wildman–Crippen LogP) is 4.09. The van der Waals surface area contributed by atoms with Gasteiger partial charge in [0, 0.05) is 17.8 Å². The molecule has 3 nitrogen and oxygen atoms in total. The normalized spacial score (nSPS) is 10.4. The summed E-state index contributed by atoms with van der Waals surface area (Å²) in [6.45, 7) is 0.606. The molecule has 0 bridgehead atoms. The summed E-state index contributed by atoms with van der Waals surface area (Å²) >= 11 is 0. The average Bonchev–Trinajstić information content (AvgIpc) is 2.95. The van der Waals surface area contributed by atoms with Crippen molar-refractivity contribution in [1.82, 2.24) is 4.98 Å². The van der Waals surface area contributed by atoms with Crippen LogP contribution < -0.4 is 5.32 Å². The Kier molecular flexibility index (Phi) is 3.46. The van der Waals surface area contributed by atoms with Crippen molar-refractivity contribution in [2.75, 3.05) is 5.32 Å². The zero-order valence-electron chi connectivity index (χ0n) is 10.7. The summed E-state index contributed by atoms with van der Waals surface area (Å²) in [6.07, 6.45) is 3.37. The van der Waals surface area contributed by atoms with Gasteiger partial charge < -0.3 is 9.73 Å². The molecule has 0 radical (unpaired) electrons. The number of benzene rings is 1. The minimum Gasteiger partial charge on any atom is -0.462 e. The van der Waals surface area contributed by atoms with E-state index in [0.717, 1.165) is 16.9 Å². The molecule has 2 aromatic heterocycles. The molecule has 1 N–H and O–H groups in total. The van der Waals surface area contributed by atoms with E-state index < -0.39 is 0 Å². The van der Waals surface area contributed by atoms with E-state index >= 15 is 0 Å². The van der Waals surface area contributed by atoms with Gasteiger partial charge in [-0.1, -0.05) is 6.07 Å². The molecule has 0 saturated heterocycles. The topological polar surface area (TPSA) is 38.1 Å². The van der Waals surface area contributed by atoms with Crippen LogP contribution in [-0.4, -0.2) is 4.98 Å². The van der Waals surface area contributed by atoms with Crippen LogP contribution in [0.3, 0.4) is 0 Å². The molecule has 100 valence electrons. The Morgan fingerprint density at radius 2 is 1.90 bits per heavy atom. The van der Waals surface area contributed by atoms with E-state index in [2.05, 4.69) is 10.3 Å². The van der Waals surface area contributed by atoms with Crippen molar-refractivity contribution in [2.24, 2.45) is 0 Å². The Balaban J connectivity index is 1.78. The lowest BCUT2D eigenvalue weighted by Gasteiger charge is -2.06. The second-order valence-electron chi connectivity index (χ2n) is 4.34. The first-order chi connectivity index (χ1) is 9.83. The van der Waals surface area contributed by atoms with E-state index in [1.165, 1.54) is 12.1 Å². The van der Waals surface area contributed by atoms with Crippen LogP contribution in [0.2, 0.25) is 0 Å². The highest BCUT2D eigenvalue weighted by atomic mass is 19.1. The Labute approximate surface area is 116 Å². The third-order valence-corrected chi connectivity index (χ3v) is 2.96. The SMILES string of the molecule is Fc1ccc(-c2occc2NCc2ccccn2)cc1. The highest BCUT2D eigenvalue weighted by Crippen LogP contribution is 2.29. The number of anilines is 1. The fourth-order valence-corrected chi connectivity index (χ4v) is 1.96. The molecule has 0 aliphatic rings. The number of aromatic nitrogens is 1. The molecule has 1 aromatic carbocycles. The smallest absolute Gasteiger partial charge is 0.156 e. The molecule has 0 unspecified atom stereocenters. The molecule has 3 aromatic rings. The molecule has 0 atom stereocenters. The maximum absolute atomic E-state index is 12.9. The molecular weight excluding hydrogens is 255 g/mol. The molecule has 3 rings (SSSR count). The summed E-state index contributed by atoms with van der Waals surface area (Å²) in [4.78, 5) is 4.25. The van der Waals surface area contributed by atoms with Crippen molar-refractivity contribution in [1.29, 1.82) is 0 Å². The van der Waals surface area contributed by atoms with Gasteiger partial charge in [-0.05, 0) is 36.4 Å². The quantitative estimate of drug-likeness (QED) is 0.774. The minimum atomic E-state index is -0.261. The first-order valence-electron chi connectivity index (χ1n) is 6.30. The molecule has 0 aliphatic carbocycles. The van der Waals surface area contributed by atoms with Gasteiger partial charge in [-0.3, -0.25) is 4.98 Å². The third-order valence-electron chi connectivity index (χ3n) is 2.96. The third kappa shape index (κ3) is 2.69. The van der Waals surface area contributed by atoms with Gasteiger partial charge in [-0.25, -0.2) is 4.39 Å². The van der Waals surface area contributed by atoms with Crippen molar-refractivity contribution in [3.05, 3.63) is 72.5 Å². The van der Waals surface area contributed by atoms with Crippen LogP contribution in [-0.2, 0) is 6.54 Å². The standard InChI is InChI=1S/C16H13FN2O/c17-13-6-4-12(5-7-13)16-15(8-10-20-16)19-11-14-3-1-2-9-18-14/h1-10,19H,11H2. The number of hydrogen-bond acceptors (Lipinski definition) is 3. The average molecular weight is 268 g/mol. The van der Waals surface area contributed by atoms with Gasteiger partial charge in [-0.15, -0.1) is 0 Å². The highest BCUT2D eigenvalue weighted by molar-refractivity contribution is 5.72. The van der Waals surface area contributed by atoms with Crippen LogP contribution in [0.5, 0.6) is 0 Å². The Morgan fingerprint density at radius 1 is 1.05 bits per heavy atom. The van der Waals surface area contributed by atoms with Gasteiger partial charge in [-0.2, -0.15) is 0 Å². The van der Waals surface area contributed by atoms with Gasteiger partial charge in [0.15, 0.2) is 5.76 Å². The summed E-state index contributed by atoms with van der Waals surface area (Å²) in [7, 11) is 0. The van der Waals surface area contributed by atoms with E-state index in [9.17, 15) is 4.39 Å². The molecular formula is C16H13FN2O. The van der Waals surface area contributed by atoms with E-state index in [1.807, 2.05) is 24.3 Å². The predicted molar refractivity (Wildman–Crippen MR) is 75.7 cm³/mol. The number of nitrogens with one attached hydrogen (secondary N) is 1. The maximum Gasteiger partial charge on any atom is 0.156 e. The molecule has 2 heterocycles. The van der Waals surface area contributed by atoms with Gasteiger partial charge >= 0.3 is 0 Å². The summed E-state index contributed by atoms with van der Waals surface area (Å²) in [5.74, 6) is 0.434. The van der Waals surface area contributed by atoms with Crippen molar-refractivity contribution in [3.63, 3.8) is 0 Å². The molecule has 0 aliphatic heterocycles. The number of furan rings is 1. The first kappa shape index (κ1) is 12.4. The largest absolute Gasteiger partial charge is 0.462 e. The number of pyridine rings is 1. The van der Waals surface area contributed by atoms with E-state index in [-0.39, 0.29) is 5.82 Å². The maximum atomic E-state index is 12.9. The van der Waals surface area contributed by atoms with Crippen molar-refractivity contribution >= 4 is 5.69 Å². The van der Waals surface area contributed by atoms with Gasteiger partial charge in [0.1, 0.15) is 5.82 Å². The van der Waals surface area contributed by atoms with E-state index in [0.29, 0.717) is 12.3 Å². The summed E-state index contributed by atoms with van der Waals surface area (Å²) in [5.41, 5.74) is 2.64. The Morgan fingerprint density at radius 3 is 2.65 bits per heavy atom. The molecule has 4 heteroatoms. The van der Waals surface area contributed by atoms with Gasteiger partial charge in [0.05, 0.1) is 24.2 Å². The summed E-state index contributed by atoms with van der Waals surface area (Å²) in [6, 6.07) is 13.8. The van der Waals surface area contributed by atoms with Crippen molar-refractivity contribution in [2.45, 2.75) is 6.54 Å². The lowest BCUT2D eigenvalue weighted by Crippen LogP contribution is -2.01. The monoisotopic (exact) mass is 268 g/mol. The first-order valence-corrected chi connectivity index (χ1v) is 6.30. The van der Waals surface area contributed by atoms with E-state index in [4.69, 9.17) is 4.42 Å². The lowest BCUT2D eigenvalue weighted by atomic mass is 10.1. The molecule has 20 heavy (non-hydrogen) atoms. The molecule has 0 spiro atoms. The zero-order valence-corrected chi connectivity index (χ0v) is 10.7. The number of nitrogens with zero attached hydrogens (tertiary/aromatic N) is 1. The summed E-state index contributed by atoms with van der Waals surface area (Å²) < 4.78 is 18.4. The van der Waals surface area contributed by atoms with Crippen molar-refractivity contribution < 1.29 is 8.81 Å². The number of halogens is 1. The summed E-state index contributed by atoms with van der Waals surface area (Å²) in [5, 5.41) is 3.27. The second kappa shape index (κ2) is 5.57. The Hall–Kier alpha value is -2.62. The fraction of sp³-hybridized carbons (Fsp3) is 0.0625. The van der Waals surface area contributed by atoms with Gasteiger partial charge in [0.2, 0.25) is 0 Å². The van der Waals surface area contributed by atoms with Crippen LogP contribution >= 0.6 is 0 Å². The highest BCUT2D eigenvalue weighted by Gasteiger charge is 2.09. The lowest BCUT2D eigenvalue weighted by molar-refractivity contribution is 0.582. The van der Waals surface area contributed by atoms with Crippen molar-refractivity contribution in [3.8, 4) is 11.3 Å². The number of hydrogen-bond donors (Lipinski definition) is 1. The minimum absolute atomic E-state index is 0.261. The molecule has 0 fully saturated rings. The fourth-order valence-electron chi connectivity index (χ4n) is 1.96. The van der Waals surface area contributed by atoms with E-state index in [1.54, 1.807) is 24.6 Å². The van der Waals surface area contributed by atoms with Crippen LogP contribution in [0.25, 0.3) is 11.3 Å².